The molecule has 23 heavy (non-hydrogen) atoms. The van der Waals surface area contributed by atoms with Gasteiger partial charge in [-0.1, -0.05) is 12.1 Å². The lowest BCUT2D eigenvalue weighted by atomic mass is 10.2. The summed E-state index contributed by atoms with van der Waals surface area (Å²) in [7, 11) is 0. The van der Waals surface area contributed by atoms with Crippen LogP contribution in [-0.4, -0.2) is 19.9 Å². The maximum absolute atomic E-state index is 11.0. The molecular weight excluding hydrogens is 380 g/mol. The van der Waals surface area contributed by atoms with Crippen molar-refractivity contribution in [2.45, 2.75) is 13.8 Å². The maximum atomic E-state index is 11.0. The Bertz CT molecular complexity index is 819. The van der Waals surface area contributed by atoms with E-state index in [-0.39, 0.29) is 5.69 Å². The molecule has 1 aromatic carbocycles. The molecular formula is C15H13BrN4O2S. The zero-order chi connectivity index (χ0) is 16.8. The lowest BCUT2D eigenvalue weighted by Crippen LogP contribution is -1.91. The van der Waals surface area contributed by atoms with Crippen molar-refractivity contribution >= 4 is 45.2 Å². The Morgan fingerprint density at radius 1 is 1.30 bits per heavy atom. The first-order valence-corrected chi connectivity index (χ1v) is 8.11. The van der Waals surface area contributed by atoms with Gasteiger partial charge < -0.3 is 0 Å². The second-order valence-electron chi connectivity index (χ2n) is 4.68. The summed E-state index contributed by atoms with van der Waals surface area (Å²) in [6.45, 7) is 3.81. The van der Waals surface area contributed by atoms with Crippen molar-refractivity contribution in [2.24, 2.45) is 4.99 Å². The third-order valence-corrected chi connectivity index (χ3v) is 4.14. The molecule has 0 aliphatic carbocycles. The first-order chi connectivity index (χ1) is 11.0. The van der Waals surface area contributed by atoms with Crippen LogP contribution in [0.25, 0.3) is 0 Å². The predicted molar refractivity (Wildman–Crippen MR) is 95.1 cm³/mol. The topological polar surface area (TPSA) is 81.3 Å². The normalized spacial score (nSPS) is 10.6. The van der Waals surface area contributed by atoms with Gasteiger partial charge in [0.25, 0.3) is 5.69 Å². The molecule has 0 unspecified atom stereocenters. The molecule has 6 nitrogen and oxygen atoms in total. The number of nitrogens with zero attached hydrogens (tertiary/aromatic N) is 4. The van der Waals surface area contributed by atoms with Gasteiger partial charge in [0.15, 0.2) is 0 Å². The number of rotatable bonds is 3. The number of aromatic nitrogens is 2. The summed E-state index contributed by atoms with van der Waals surface area (Å²) >= 11 is 4.25. The van der Waals surface area contributed by atoms with Crippen molar-refractivity contribution in [2.75, 3.05) is 0 Å². The third-order valence-electron chi connectivity index (χ3n) is 2.91. The van der Waals surface area contributed by atoms with Gasteiger partial charge in [-0.25, -0.2) is 0 Å². The van der Waals surface area contributed by atoms with Gasteiger partial charge in [0.2, 0.25) is 0 Å². The molecule has 1 heterocycles. The van der Waals surface area contributed by atoms with Crippen LogP contribution in [0.3, 0.4) is 0 Å². The molecule has 0 saturated carbocycles. The Morgan fingerprint density at radius 3 is 2.83 bits per heavy atom. The summed E-state index contributed by atoms with van der Waals surface area (Å²) in [5.74, 6) is 0. The van der Waals surface area contributed by atoms with E-state index >= 15 is 0 Å². The zero-order valence-electron chi connectivity index (χ0n) is 12.4. The van der Waals surface area contributed by atoms with Crippen molar-refractivity contribution < 1.29 is 4.92 Å². The standard InChI is InChI=1S/C15H13BrN4O2S/c1-10-3-4-11(2)19-23-18-9-14(10)17-8-12-5-6-13(16)15(7-12)20(21)22/h3-9H,1-2H3. The molecule has 0 aliphatic rings. The number of aliphatic imine (C=N–C) groups is 1. The van der Waals surface area contributed by atoms with E-state index in [0.29, 0.717) is 15.7 Å². The second-order valence-corrected chi connectivity index (χ2v) is 6.09. The molecule has 118 valence electrons. The average molecular weight is 393 g/mol. The van der Waals surface area contributed by atoms with Crippen LogP contribution in [0.15, 0.2) is 46.0 Å². The number of hydrogen-bond acceptors (Lipinski definition) is 6. The molecule has 0 spiro atoms. The summed E-state index contributed by atoms with van der Waals surface area (Å²) in [6.07, 6.45) is 3.20. The fraction of sp³-hybridized carbons (Fsp3) is 0.133. The molecule has 0 bridgehead atoms. The van der Waals surface area contributed by atoms with Crippen LogP contribution < -0.4 is 0 Å². The smallest absolute Gasteiger partial charge is 0.258 e. The Morgan fingerprint density at radius 2 is 2.09 bits per heavy atom. The third kappa shape index (κ3) is 4.90. The quantitative estimate of drug-likeness (QED) is 0.430. The molecule has 2 rings (SSSR count). The number of hydrogen-bond donors (Lipinski definition) is 0. The van der Waals surface area contributed by atoms with Gasteiger partial charge in [0.05, 0.1) is 38.7 Å². The summed E-state index contributed by atoms with van der Waals surface area (Å²) in [5.41, 5.74) is 3.10. The molecule has 1 aromatic heterocycles. The van der Waals surface area contributed by atoms with Gasteiger partial charge in [-0.3, -0.25) is 15.1 Å². The molecule has 2 aromatic rings. The molecule has 0 atom stereocenters. The van der Waals surface area contributed by atoms with E-state index in [2.05, 4.69) is 29.7 Å². The Hall–Kier alpha value is -2.19. The van der Waals surface area contributed by atoms with E-state index in [9.17, 15) is 10.1 Å². The Balaban J connectivity index is 2.41. The lowest BCUT2D eigenvalue weighted by molar-refractivity contribution is -0.385. The van der Waals surface area contributed by atoms with E-state index in [4.69, 9.17) is 0 Å². The van der Waals surface area contributed by atoms with Gasteiger partial charge in [0.1, 0.15) is 0 Å². The van der Waals surface area contributed by atoms with Gasteiger partial charge in [-0.05, 0) is 53.0 Å². The molecule has 0 saturated heterocycles. The van der Waals surface area contributed by atoms with Crippen molar-refractivity contribution in [3.63, 3.8) is 0 Å². The molecule has 0 amide bonds. The van der Waals surface area contributed by atoms with Gasteiger partial charge in [-0.15, -0.1) is 0 Å². The number of benzene rings is 1. The van der Waals surface area contributed by atoms with E-state index in [1.54, 1.807) is 24.5 Å². The number of aryl methyl sites for hydroxylation is 2. The van der Waals surface area contributed by atoms with Crippen LogP contribution in [-0.2, 0) is 0 Å². The van der Waals surface area contributed by atoms with Crippen LogP contribution in [0.4, 0.5) is 11.4 Å². The summed E-state index contributed by atoms with van der Waals surface area (Å²) in [4.78, 5) is 14.9. The Kier molecular flexibility index (Phi) is 5.89. The van der Waals surface area contributed by atoms with Crippen molar-refractivity contribution in [1.82, 2.24) is 8.75 Å². The zero-order valence-corrected chi connectivity index (χ0v) is 14.8. The van der Waals surface area contributed by atoms with Crippen LogP contribution >= 0.6 is 27.7 Å². The summed E-state index contributed by atoms with van der Waals surface area (Å²) in [6, 6.07) is 8.64. The monoisotopic (exact) mass is 392 g/mol. The highest BCUT2D eigenvalue weighted by molar-refractivity contribution is 9.10. The number of nitro groups is 1. The van der Waals surface area contributed by atoms with Crippen LogP contribution in [0.5, 0.6) is 0 Å². The fourth-order valence-electron chi connectivity index (χ4n) is 1.65. The first kappa shape index (κ1) is 17.2. The minimum atomic E-state index is -0.438. The Labute approximate surface area is 145 Å². The minimum Gasteiger partial charge on any atom is -0.258 e. The summed E-state index contributed by atoms with van der Waals surface area (Å²) in [5, 5.41) is 11.0. The summed E-state index contributed by atoms with van der Waals surface area (Å²) < 4.78 is 8.72. The highest BCUT2D eigenvalue weighted by Gasteiger charge is 2.11. The van der Waals surface area contributed by atoms with Crippen LogP contribution in [0, 0.1) is 24.0 Å². The molecule has 0 aliphatic heterocycles. The fourth-order valence-corrected chi connectivity index (χ4v) is 2.43. The van der Waals surface area contributed by atoms with E-state index in [0.717, 1.165) is 23.0 Å². The predicted octanol–water partition coefficient (Wildman–Crippen LogP) is 4.70. The number of nitro benzene ring substituents is 1. The largest absolute Gasteiger partial charge is 0.284 e. The second kappa shape index (κ2) is 7.89. The molecule has 0 fully saturated rings. The molecule has 0 N–H and O–H groups in total. The van der Waals surface area contributed by atoms with E-state index in [1.165, 1.54) is 6.07 Å². The van der Waals surface area contributed by atoms with Crippen molar-refractivity contribution in [3.8, 4) is 0 Å². The van der Waals surface area contributed by atoms with E-state index in [1.807, 2.05) is 26.0 Å². The van der Waals surface area contributed by atoms with Crippen LogP contribution in [0.1, 0.15) is 16.8 Å². The maximum Gasteiger partial charge on any atom is 0.284 e. The van der Waals surface area contributed by atoms with Crippen LogP contribution in [0.2, 0.25) is 0 Å². The average Bonchev–Trinajstić information content (AvgIpc) is 2.59. The van der Waals surface area contributed by atoms with Gasteiger partial charge >= 0.3 is 0 Å². The highest BCUT2D eigenvalue weighted by Crippen LogP contribution is 2.25. The lowest BCUT2D eigenvalue weighted by Gasteiger charge is -1.98. The minimum absolute atomic E-state index is 0.00209. The van der Waals surface area contributed by atoms with Crippen molar-refractivity contribution in [1.29, 1.82) is 0 Å². The van der Waals surface area contributed by atoms with Gasteiger partial charge in [-0.2, -0.15) is 8.75 Å². The van der Waals surface area contributed by atoms with Gasteiger partial charge in [0, 0.05) is 12.3 Å². The number of halogens is 1. The highest BCUT2D eigenvalue weighted by atomic mass is 79.9. The van der Waals surface area contributed by atoms with E-state index < -0.39 is 4.92 Å². The van der Waals surface area contributed by atoms with Crippen molar-refractivity contribution in [3.05, 3.63) is 67.9 Å². The molecule has 8 heteroatoms. The first-order valence-electron chi connectivity index (χ1n) is 6.58. The molecule has 0 radical (unpaired) electrons. The SMILES string of the molecule is Cc1ccc(C)c(N=Cc2ccc(Br)c([N+](=O)[O-])c2)cnsn1.